The van der Waals surface area contributed by atoms with Crippen molar-refractivity contribution in [2.45, 2.75) is 25.3 Å². The summed E-state index contributed by atoms with van der Waals surface area (Å²) in [6.45, 7) is 3.02. The van der Waals surface area contributed by atoms with Crippen LogP contribution < -0.4 is 5.32 Å². The molecule has 0 saturated carbocycles. The number of likely N-dealkylation sites (N-methyl/N-ethyl adjacent to an activating group) is 1. The molecule has 100 valence electrons. The van der Waals surface area contributed by atoms with E-state index in [1.807, 2.05) is 0 Å². The fourth-order valence-corrected chi connectivity index (χ4v) is 2.43. The number of piperidine rings is 1. The number of hydrogen-bond acceptors (Lipinski definition) is 2. The monoisotopic (exact) mass is 254 g/mol. The third-order valence-electron chi connectivity index (χ3n) is 3.67. The Hall–Kier alpha value is -1.00. The third kappa shape index (κ3) is 3.50. The molecule has 0 unspecified atom stereocenters. The Morgan fingerprint density at radius 3 is 2.61 bits per heavy atom. The lowest BCUT2D eigenvalue weighted by Gasteiger charge is -2.31. The number of rotatable bonds is 4. The smallest absolute Gasteiger partial charge is 0.159 e. The first-order valence-electron chi connectivity index (χ1n) is 6.51. The lowest BCUT2D eigenvalue weighted by atomic mass is 10.0. The van der Waals surface area contributed by atoms with Crippen LogP contribution in [-0.2, 0) is 6.42 Å². The van der Waals surface area contributed by atoms with Crippen LogP contribution in [0.4, 0.5) is 8.78 Å². The standard InChI is InChI=1S/C14H20F2N2/c1-18(12-4-7-17-8-5-12)9-6-11-2-3-13(15)14(16)10-11/h2-3,10,12,17H,4-9H2,1H3. The minimum atomic E-state index is -0.773. The Balaban J connectivity index is 1.84. The molecule has 1 aliphatic heterocycles. The second-order valence-corrected chi connectivity index (χ2v) is 4.96. The second kappa shape index (κ2) is 6.25. The van der Waals surface area contributed by atoms with Gasteiger partial charge in [-0.3, -0.25) is 0 Å². The molecule has 0 amide bonds. The van der Waals surface area contributed by atoms with Gasteiger partial charge < -0.3 is 10.2 Å². The molecule has 4 heteroatoms. The molecule has 0 radical (unpaired) electrons. The molecular weight excluding hydrogens is 234 g/mol. The van der Waals surface area contributed by atoms with Crippen molar-refractivity contribution < 1.29 is 8.78 Å². The summed E-state index contributed by atoms with van der Waals surface area (Å²) >= 11 is 0. The zero-order chi connectivity index (χ0) is 13.0. The van der Waals surface area contributed by atoms with E-state index in [1.165, 1.54) is 12.1 Å². The summed E-state index contributed by atoms with van der Waals surface area (Å²) in [6, 6.07) is 4.77. The van der Waals surface area contributed by atoms with E-state index >= 15 is 0 Å². The predicted octanol–water partition coefficient (Wildman–Crippen LogP) is 2.19. The largest absolute Gasteiger partial charge is 0.317 e. The molecule has 1 aliphatic rings. The van der Waals surface area contributed by atoms with Gasteiger partial charge in [-0.1, -0.05) is 6.07 Å². The molecule has 0 spiro atoms. The predicted molar refractivity (Wildman–Crippen MR) is 68.6 cm³/mol. The minimum absolute atomic E-state index is 0.608. The SMILES string of the molecule is CN(CCc1ccc(F)c(F)c1)C1CCNCC1. The first-order valence-corrected chi connectivity index (χ1v) is 6.51. The number of nitrogens with zero attached hydrogens (tertiary/aromatic N) is 1. The summed E-state index contributed by atoms with van der Waals surface area (Å²) < 4.78 is 25.9. The number of benzene rings is 1. The molecule has 1 N–H and O–H groups in total. The number of halogens is 2. The molecule has 0 aliphatic carbocycles. The van der Waals surface area contributed by atoms with E-state index in [2.05, 4.69) is 17.3 Å². The Kier molecular flexibility index (Phi) is 4.66. The van der Waals surface area contributed by atoms with Crippen LogP contribution in [0.5, 0.6) is 0 Å². The zero-order valence-corrected chi connectivity index (χ0v) is 10.8. The van der Waals surface area contributed by atoms with Gasteiger partial charge in [0, 0.05) is 12.6 Å². The second-order valence-electron chi connectivity index (χ2n) is 4.96. The molecular formula is C14H20F2N2. The van der Waals surface area contributed by atoms with Crippen molar-refractivity contribution >= 4 is 0 Å². The maximum Gasteiger partial charge on any atom is 0.159 e. The first kappa shape index (κ1) is 13.4. The number of nitrogens with one attached hydrogen (secondary N) is 1. The molecule has 1 heterocycles. The van der Waals surface area contributed by atoms with Gasteiger partial charge in [-0.2, -0.15) is 0 Å². The van der Waals surface area contributed by atoms with Crippen molar-refractivity contribution in [3.05, 3.63) is 35.4 Å². The average molecular weight is 254 g/mol. The molecule has 1 saturated heterocycles. The highest BCUT2D eigenvalue weighted by Gasteiger charge is 2.17. The van der Waals surface area contributed by atoms with Gasteiger partial charge in [-0.15, -0.1) is 0 Å². The molecule has 0 aromatic heterocycles. The van der Waals surface area contributed by atoms with Gasteiger partial charge in [0.2, 0.25) is 0 Å². The van der Waals surface area contributed by atoms with E-state index in [0.717, 1.165) is 44.5 Å². The van der Waals surface area contributed by atoms with Crippen molar-refractivity contribution in [2.75, 3.05) is 26.7 Å². The molecule has 1 aromatic carbocycles. The Morgan fingerprint density at radius 1 is 1.22 bits per heavy atom. The topological polar surface area (TPSA) is 15.3 Å². The molecule has 18 heavy (non-hydrogen) atoms. The summed E-state index contributed by atoms with van der Waals surface area (Å²) in [4.78, 5) is 2.32. The van der Waals surface area contributed by atoms with Gasteiger partial charge in [-0.05, 0) is 57.1 Å². The maximum absolute atomic E-state index is 13.1. The van der Waals surface area contributed by atoms with Crippen molar-refractivity contribution in [2.24, 2.45) is 0 Å². The molecule has 1 fully saturated rings. The van der Waals surface area contributed by atoms with E-state index < -0.39 is 11.6 Å². The molecule has 2 rings (SSSR count). The van der Waals surface area contributed by atoms with Gasteiger partial charge in [0.1, 0.15) is 0 Å². The fourth-order valence-electron chi connectivity index (χ4n) is 2.43. The first-order chi connectivity index (χ1) is 8.66. The van der Waals surface area contributed by atoms with E-state index in [1.54, 1.807) is 6.07 Å². The minimum Gasteiger partial charge on any atom is -0.317 e. The van der Waals surface area contributed by atoms with Crippen LogP contribution in [0.1, 0.15) is 18.4 Å². The van der Waals surface area contributed by atoms with Crippen molar-refractivity contribution in [3.8, 4) is 0 Å². The molecule has 0 atom stereocenters. The Labute approximate surface area is 107 Å². The molecule has 0 bridgehead atoms. The highest BCUT2D eigenvalue weighted by atomic mass is 19.2. The maximum atomic E-state index is 13.1. The van der Waals surface area contributed by atoms with Crippen LogP contribution in [0.3, 0.4) is 0 Å². The van der Waals surface area contributed by atoms with Crippen LogP contribution in [0.2, 0.25) is 0 Å². The summed E-state index contributed by atoms with van der Waals surface area (Å²) in [5.74, 6) is -1.53. The lowest BCUT2D eigenvalue weighted by molar-refractivity contribution is 0.201. The van der Waals surface area contributed by atoms with Gasteiger partial charge in [0.25, 0.3) is 0 Å². The van der Waals surface area contributed by atoms with E-state index in [0.29, 0.717) is 6.04 Å². The van der Waals surface area contributed by atoms with Gasteiger partial charge in [0.15, 0.2) is 11.6 Å². The van der Waals surface area contributed by atoms with Crippen molar-refractivity contribution in [3.63, 3.8) is 0 Å². The summed E-state index contributed by atoms with van der Waals surface area (Å²) in [5, 5.41) is 3.34. The quantitative estimate of drug-likeness (QED) is 0.886. The van der Waals surface area contributed by atoms with Crippen molar-refractivity contribution in [1.29, 1.82) is 0 Å². The van der Waals surface area contributed by atoms with E-state index in [4.69, 9.17) is 0 Å². The van der Waals surface area contributed by atoms with Gasteiger partial charge >= 0.3 is 0 Å². The summed E-state index contributed by atoms with van der Waals surface area (Å²) in [7, 11) is 2.11. The third-order valence-corrected chi connectivity index (χ3v) is 3.67. The van der Waals surface area contributed by atoms with Gasteiger partial charge in [-0.25, -0.2) is 8.78 Å². The van der Waals surface area contributed by atoms with E-state index in [-0.39, 0.29) is 0 Å². The van der Waals surface area contributed by atoms with Crippen LogP contribution in [0, 0.1) is 11.6 Å². The van der Waals surface area contributed by atoms with Crippen LogP contribution in [0.25, 0.3) is 0 Å². The van der Waals surface area contributed by atoms with Gasteiger partial charge in [0.05, 0.1) is 0 Å². The summed E-state index contributed by atoms with van der Waals surface area (Å²) in [6.07, 6.45) is 3.08. The summed E-state index contributed by atoms with van der Waals surface area (Å²) in [5.41, 5.74) is 0.856. The highest BCUT2D eigenvalue weighted by molar-refractivity contribution is 5.18. The van der Waals surface area contributed by atoms with Crippen LogP contribution in [0.15, 0.2) is 18.2 Å². The van der Waals surface area contributed by atoms with Crippen LogP contribution >= 0.6 is 0 Å². The fraction of sp³-hybridized carbons (Fsp3) is 0.571. The Bertz CT molecular complexity index is 389. The molecule has 2 nitrogen and oxygen atoms in total. The van der Waals surface area contributed by atoms with Crippen LogP contribution in [-0.4, -0.2) is 37.6 Å². The highest BCUT2D eigenvalue weighted by Crippen LogP contribution is 2.13. The molecule has 1 aromatic rings. The average Bonchev–Trinajstić information content (AvgIpc) is 2.41. The Morgan fingerprint density at radius 2 is 1.94 bits per heavy atom. The number of hydrogen-bond donors (Lipinski definition) is 1. The van der Waals surface area contributed by atoms with Crippen molar-refractivity contribution in [1.82, 2.24) is 10.2 Å². The normalized spacial score (nSPS) is 17.3. The van der Waals surface area contributed by atoms with E-state index in [9.17, 15) is 8.78 Å². The lowest BCUT2D eigenvalue weighted by Crippen LogP contribution is -2.41. The zero-order valence-electron chi connectivity index (χ0n) is 10.8.